The average Bonchev–Trinajstić information content (AvgIpc) is 2.53. The van der Waals surface area contributed by atoms with Crippen molar-refractivity contribution in [1.82, 2.24) is 5.32 Å². The lowest BCUT2D eigenvalue weighted by atomic mass is 10.0. The van der Waals surface area contributed by atoms with Crippen LogP contribution in [0.15, 0.2) is 42.5 Å². The van der Waals surface area contributed by atoms with Gasteiger partial charge in [-0.25, -0.2) is 0 Å². The minimum absolute atomic E-state index is 0.0589. The van der Waals surface area contributed by atoms with Gasteiger partial charge in [0.2, 0.25) is 5.82 Å². The number of nitro benzene ring substituents is 1. The normalized spacial score (nSPS) is 11.8. The van der Waals surface area contributed by atoms with Crippen molar-refractivity contribution in [3.63, 3.8) is 0 Å². The van der Waals surface area contributed by atoms with E-state index in [4.69, 9.17) is 0 Å². The number of carbonyl (C=O) groups is 1. The number of nitro groups is 1. The molecule has 120 valence electrons. The number of hydrogen-bond acceptors (Lipinski definition) is 3. The number of benzene rings is 2. The standard InChI is InChI=1S/C17H17FN2O3/c1-3-15(12-6-4-11(2)5-7-12)19-17(21)13-8-9-14(18)16(10-13)20(22)23/h4-10,15H,3H2,1-2H3,(H,19,21)/t15-/m0/s1. The molecule has 1 amide bonds. The molecule has 0 aliphatic heterocycles. The largest absolute Gasteiger partial charge is 0.345 e. The first-order chi connectivity index (χ1) is 10.9. The lowest BCUT2D eigenvalue weighted by Gasteiger charge is -2.17. The summed E-state index contributed by atoms with van der Waals surface area (Å²) < 4.78 is 13.3. The first kappa shape index (κ1) is 16.6. The number of halogens is 1. The van der Waals surface area contributed by atoms with Gasteiger partial charge in [-0.3, -0.25) is 14.9 Å². The van der Waals surface area contributed by atoms with Gasteiger partial charge in [-0.2, -0.15) is 4.39 Å². The molecule has 0 spiro atoms. The molecular formula is C17H17FN2O3. The average molecular weight is 316 g/mol. The van der Waals surface area contributed by atoms with Gasteiger partial charge in [0.1, 0.15) is 0 Å². The quantitative estimate of drug-likeness (QED) is 0.671. The molecule has 2 aromatic carbocycles. The third-order valence-corrected chi connectivity index (χ3v) is 3.60. The van der Waals surface area contributed by atoms with E-state index in [1.807, 2.05) is 38.1 Å². The van der Waals surface area contributed by atoms with E-state index in [2.05, 4.69) is 5.32 Å². The summed E-state index contributed by atoms with van der Waals surface area (Å²) in [5.41, 5.74) is 1.41. The fraction of sp³-hybridized carbons (Fsp3) is 0.235. The van der Waals surface area contributed by atoms with E-state index in [0.29, 0.717) is 6.42 Å². The fourth-order valence-electron chi connectivity index (χ4n) is 2.26. The Bertz CT molecular complexity index is 729. The predicted octanol–water partition coefficient (Wildman–Crippen LogP) is 3.92. The maximum Gasteiger partial charge on any atom is 0.305 e. The van der Waals surface area contributed by atoms with Gasteiger partial charge >= 0.3 is 5.69 Å². The van der Waals surface area contributed by atoms with Crippen LogP contribution < -0.4 is 5.32 Å². The summed E-state index contributed by atoms with van der Waals surface area (Å²) in [5, 5.41) is 13.6. The Labute approximate surface area is 133 Å². The molecule has 0 aliphatic carbocycles. The number of carbonyl (C=O) groups excluding carboxylic acids is 1. The van der Waals surface area contributed by atoms with Crippen molar-refractivity contribution >= 4 is 11.6 Å². The van der Waals surface area contributed by atoms with Crippen LogP contribution in [0.5, 0.6) is 0 Å². The van der Waals surface area contributed by atoms with E-state index in [-0.39, 0.29) is 11.6 Å². The zero-order chi connectivity index (χ0) is 17.0. The van der Waals surface area contributed by atoms with Crippen LogP contribution in [0, 0.1) is 22.9 Å². The highest BCUT2D eigenvalue weighted by Crippen LogP contribution is 2.21. The van der Waals surface area contributed by atoms with Crippen molar-refractivity contribution in [3.05, 3.63) is 75.1 Å². The fourth-order valence-corrected chi connectivity index (χ4v) is 2.26. The summed E-state index contributed by atoms with van der Waals surface area (Å²) in [6, 6.07) is 10.7. The van der Waals surface area contributed by atoms with Gasteiger partial charge in [0.15, 0.2) is 0 Å². The van der Waals surface area contributed by atoms with Crippen molar-refractivity contribution in [2.24, 2.45) is 0 Å². The highest BCUT2D eigenvalue weighted by molar-refractivity contribution is 5.95. The lowest BCUT2D eigenvalue weighted by molar-refractivity contribution is -0.387. The molecule has 0 aliphatic rings. The van der Waals surface area contributed by atoms with E-state index < -0.39 is 22.3 Å². The highest BCUT2D eigenvalue weighted by atomic mass is 19.1. The van der Waals surface area contributed by atoms with Crippen LogP contribution in [-0.2, 0) is 0 Å². The van der Waals surface area contributed by atoms with Crippen molar-refractivity contribution in [2.45, 2.75) is 26.3 Å². The molecule has 0 aromatic heterocycles. The van der Waals surface area contributed by atoms with Crippen molar-refractivity contribution in [2.75, 3.05) is 0 Å². The van der Waals surface area contributed by atoms with Crippen LogP contribution in [0.1, 0.15) is 40.9 Å². The number of nitrogens with one attached hydrogen (secondary N) is 1. The summed E-state index contributed by atoms with van der Waals surface area (Å²) in [4.78, 5) is 22.2. The number of aryl methyl sites for hydroxylation is 1. The minimum Gasteiger partial charge on any atom is -0.345 e. The second kappa shape index (κ2) is 7.00. The summed E-state index contributed by atoms with van der Waals surface area (Å²) in [6.45, 7) is 3.90. The van der Waals surface area contributed by atoms with Crippen LogP contribution >= 0.6 is 0 Å². The maximum atomic E-state index is 13.3. The summed E-state index contributed by atoms with van der Waals surface area (Å²) in [6.07, 6.45) is 0.665. The Morgan fingerprint density at radius 3 is 2.48 bits per heavy atom. The molecule has 23 heavy (non-hydrogen) atoms. The van der Waals surface area contributed by atoms with Crippen LogP contribution in [0.2, 0.25) is 0 Å². The van der Waals surface area contributed by atoms with E-state index in [1.54, 1.807) is 0 Å². The molecular weight excluding hydrogens is 299 g/mol. The first-order valence-corrected chi connectivity index (χ1v) is 7.23. The van der Waals surface area contributed by atoms with E-state index in [0.717, 1.165) is 23.3 Å². The van der Waals surface area contributed by atoms with E-state index in [9.17, 15) is 19.3 Å². The van der Waals surface area contributed by atoms with Gasteiger partial charge in [0.25, 0.3) is 5.91 Å². The van der Waals surface area contributed by atoms with Crippen molar-refractivity contribution in [3.8, 4) is 0 Å². The zero-order valence-corrected chi connectivity index (χ0v) is 12.9. The summed E-state index contributed by atoms with van der Waals surface area (Å²) in [5.74, 6) is -1.43. The molecule has 0 bridgehead atoms. The van der Waals surface area contributed by atoms with E-state index >= 15 is 0 Å². The zero-order valence-electron chi connectivity index (χ0n) is 12.9. The van der Waals surface area contributed by atoms with E-state index in [1.165, 1.54) is 6.07 Å². The molecule has 2 aromatic rings. The summed E-state index contributed by atoms with van der Waals surface area (Å²) >= 11 is 0. The second-order valence-electron chi connectivity index (χ2n) is 5.27. The Kier molecular flexibility index (Phi) is 5.05. The third-order valence-electron chi connectivity index (χ3n) is 3.60. The Morgan fingerprint density at radius 1 is 1.26 bits per heavy atom. The molecule has 0 radical (unpaired) electrons. The Morgan fingerprint density at radius 2 is 1.91 bits per heavy atom. The lowest BCUT2D eigenvalue weighted by Crippen LogP contribution is -2.28. The Hall–Kier alpha value is -2.76. The van der Waals surface area contributed by atoms with Crippen LogP contribution in [0.3, 0.4) is 0 Å². The number of amides is 1. The molecule has 5 nitrogen and oxygen atoms in total. The topological polar surface area (TPSA) is 72.2 Å². The van der Waals surface area contributed by atoms with Gasteiger partial charge in [0.05, 0.1) is 11.0 Å². The van der Waals surface area contributed by atoms with Gasteiger partial charge in [-0.05, 0) is 31.0 Å². The van der Waals surface area contributed by atoms with Crippen molar-refractivity contribution in [1.29, 1.82) is 0 Å². The van der Waals surface area contributed by atoms with Crippen LogP contribution in [-0.4, -0.2) is 10.8 Å². The van der Waals surface area contributed by atoms with Gasteiger partial charge in [0, 0.05) is 11.6 Å². The Balaban J connectivity index is 2.21. The van der Waals surface area contributed by atoms with Gasteiger partial charge in [-0.1, -0.05) is 36.8 Å². The number of rotatable bonds is 5. The molecule has 0 unspecified atom stereocenters. The van der Waals surface area contributed by atoms with Crippen molar-refractivity contribution < 1.29 is 14.1 Å². The molecule has 6 heteroatoms. The second-order valence-corrected chi connectivity index (χ2v) is 5.27. The predicted molar refractivity (Wildman–Crippen MR) is 84.7 cm³/mol. The van der Waals surface area contributed by atoms with Gasteiger partial charge in [-0.15, -0.1) is 0 Å². The first-order valence-electron chi connectivity index (χ1n) is 7.23. The van der Waals surface area contributed by atoms with Crippen LogP contribution in [0.25, 0.3) is 0 Å². The summed E-state index contributed by atoms with van der Waals surface area (Å²) in [7, 11) is 0. The molecule has 1 N–H and O–H groups in total. The monoisotopic (exact) mass is 316 g/mol. The molecule has 0 saturated carbocycles. The highest BCUT2D eigenvalue weighted by Gasteiger charge is 2.19. The SMILES string of the molecule is CC[C@H](NC(=O)c1ccc(F)c([N+](=O)[O-])c1)c1ccc(C)cc1. The molecule has 2 rings (SSSR count). The molecule has 0 saturated heterocycles. The van der Waals surface area contributed by atoms with Gasteiger partial charge < -0.3 is 5.32 Å². The molecule has 1 atom stereocenters. The minimum atomic E-state index is -0.961. The smallest absolute Gasteiger partial charge is 0.305 e. The third kappa shape index (κ3) is 3.91. The maximum absolute atomic E-state index is 13.3. The molecule has 0 heterocycles. The number of hydrogen-bond donors (Lipinski definition) is 1. The van der Waals surface area contributed by atoms with Crippen LogP contribution in [0.4, 0.5) is 10.1 Å². The molecule has 0 fully saturated rings. The number of nitrogens with zero attached hydrogens (tertiary/aromatic N) is 1.